The highest BCUT2D eigenvalue weighted by Crippen LogP contribution is 2.20. The third-order valence-electron chi connectivity index (χ3n) is 2.79. The molecular formula is C11H14N2O6S. The number of hydrogen-bond acceptors (Lipinski definition) is 6. The quantitative estimate of drug-likeness (QED) is 0.594. The zero-order chi connectivity index (χ0) is 14.6. The van der Waals surface area contributed by atoms with Crippen LogP contribution in [-0.4, -0.2) is 37.3 Å². The van der Waals surface area contributed by atoms with Crippen LogP contribution in [0.2, 0.25) is 0 Å². The van der Waals surface area contributed by atoms with Crippen LogP contribution in [0.5, 0.6) is 0 Å². The molecule has 2 rings (SSSR count). The number of rotatable bonds is 5. The van der Waals surface area contributed by atoms with Crippen molar-refractivity contribution in [1.29, 1.82) is 0 Å². The van der Waals surface area contributed by atoms with Gasteiger partial charge in [-0.1, -0.05) is 18.2 Å². The van der Waals surface area contributed by atoms with Crippen molar-refractivity contribution < 1.29 is 23.0 Å². The van der Waals surface area contributed by atoms with Crippen LogP contribution in [0.3, 0.4) is 0 Å². The highest BCUT2D eigenvalue weighted by molar-refractivity contribution is 7.88. The summed E-state index contributed by atoms with van der Waals surface area (Å²) in [7, 11) is -4.33. The first-order valence-electron chi connectivity index (χ1n) is 6.01. The summed E-state index contributed by atoms with van der Waals surface area (Å²) in [6, 6.07) is 7.14. The molecule has 0 atom stereocenters. The van der Waals surface area contributed by atoms with Gasteiger partial charge in [0.1, 0.15) is 4.58 Å². The minimum atomic E-state index is -4.33. The average Bonchev–Trinajstić information content (AvgIpc) is 2.46. The van der Waals surface area contributed by atoms with Gasteiger partial charge >= 0.3 is 10.0 Å². The van der Waals surface area contributed by atoms with Gasteiger partial charge in [0.25, 0.3) is 0 Å². The van der Waals surface area contributed by atoms with Crippen molar-refractivity contribution >= 4 is 10.0 Å². The highest BCUT2D eigenvalue weighted by atomic mass is 32.2. The van der Waals surface area contributed by atoms with E-state index in [1.807, 2.05) is 0 Å². The maximum absolute atomic E-state index is 12.2. The minimum absolute atomic E-state index is 0.154. The Morgan fingerprint density at radius 1 is 1.25 bits per heavy atom. The molecule has 0 amide bonds. The van der Waals surface area contributed by atoms with Gasteiger partial charge in [-0.25, -0.2) is 15.0 Å². The summed E-state index contributed by atoms with van der Waals surface area (Å²) < 4.78 is 29.3. The second-order valence-corrected chi connectivity index (χ2v) is 5.91. The van der Waals surface area contributed by atoms with Crippen LogP contribution in [0.4, 0.5) is 0 Å². The molecule has 1 aromatic rings. The van der Waals surface area contributed by atoms with Gasteiger partial charge < -0.3 is 4.74 Å². The van der Waals surface area contributed by atoms with Gasteiger partial charge in [0.2, 0.25) is 5.03 Å². The van der Waals surface area contributed by atoms with Crippen LogP contribution in [0.15, 0.2) is 35.2 Å². The van der Waals surface area contributed by atoms with Crippen LogP contribution in [-0.2, 0) is 19.6 Å². The second-order valence-electron chi connectivity index (χ2n) is 4.18. The lowest BCUT2D eigenvalue weighted by Gasteiger charge is -2.23. The van der Waals surface area contributed by atoms with Crippen LogP contribution >= 0.6 is 0 Å². The number of ether oxygens (including phenoxy) is 1. The summed E-state index contributed by atoms with van der Waals surface area (Å²) in [5.74, 6) is 0. The molecule has 1 heterocycles. The molecule has 110 valence electrons. The summed E-state index contributed by atoms with van der Waals surface area (Å²) in [4.78, 5) is 15.8. The Morgan fingerprint density at radius 2 is 1.85 bits per heavy atom. The summed E-state index contributed by atoms with van der Waals surface area (Å²) in [5, 5.41) is 9.92. The third kappa shape index (κ3) is 3.24. The lowest BCUT2D eigenvalue weighted by Crippen LogP contribution is -2.41. The molecule has 0 bridgehead atoms. The van der Waals surface area contributed by atoms with E-state index in [1.165, 1.54) is 24.3 Å². The van der Waals surface area contributed by atoms with Crippen LogP contribution < -0.4 is 0 Å². The maximum atomic E-state index is 12.2. The predicted molar refractivity (Wildman–Crippen MR) is 67.4 cm³/mol. The van der Waals surface area contributed by atoms with Crippen molar-refractivity contribution in [2.75, 3.05) is 13.2 Å². The molecule has 8 nitrogen and oxygen atoms in total. The second kappa shape index (κ2) is 6.16. The molecule has 0 saturated carbocycles. The van der Waals surface area contributed by atoms with Gasteiger partial charge in [0.05, 0.1) is 11.0 Å². The Morgan fingerprint density at radius 3 is 2.40 bits per heavy atom. The molecule has 0 aliphatic carbocycles. The Kier molecular flexibility index (Phi) is 4.53. The SMILES string of the molecule is O=[N+]([O-])N(OC1CCOCC1)S(=O)(=O)c1ccccc1. The first kappa shape index (κ1) is 14.7. The van der Waals surface area contributed by atoms with Gasteiger partial charge in [-0.15, -0.1) is 0 Å². The fourth-order valence-electron chi connectivity index (χ4n) is 1.77. The van der Waals surface area contributed by atoms with E-state index in [0.717, 1.165) is 0 Å². The van der Waals surface area contributed by atoms with Crippen LogP contribution in [0, 0.1) is 10.1 Å². The molecule has 1 saturated heterocycles. The van der Waals surface area contributed by atoms with Gasteiger partial charge in [0.15, 0.2) is 0 Å². The van der Waals surface area contributed by atoms with Crippen LogP contribution in [0.1, 0.15) is 12.8 Å². The van der Waals surface area contributed by atoms with E-state index in [-0.39, 0.29) is 9.47 Å². The lowest BCUT2D eigenvalue weighted by molar-refractivity contribution is -0.699. The van der Waals surface area contributed by atoms with Gasteiger partial charge in [-0.3, -0.25) is 0 Å². The molecule has 1 aliphatic heterocycles. The Hall–Kier alpha value is -1.71. The smallest absolute Gasteiger partial charge is 0.342 e. The molecule has 9 heteroatoms. The molecule has 0 spiro atoms. The van der Waals surface area contributed by atoms with Crippen molar-refractivity contribution in [3.8, 4) is 0 Å². The average molecular weight is 302 g/mol. The van der Waals surface area contributed by atoms with E-state index in [2.05, 4.69) is 0 Å². The lowest BCUT2D eigenvalue weighted by atomic mass is 10.2. The summed E-state index contributed by atoms with van der Waals surface area (Å²) in [6.45, 7) is 0.781. The molecule has 1 aliphatic rings. The Bertz CT molecular complexity index is 556. The first-order chi connectivity index (χ1) is 9.51. The van der Waals surface area contributed by atoms with E-state index in [9.17, 15) is 18.5 Å². The molecule has 20 heavy (non-hydrogen) atoms. The highest BCUT2D eigenvalue weighted by Gasteiger charge is 2.37. The van der Waals surface area contributed by atoms with Crippen molar-refractivity contribution in [2.24, 2.45) is 0 Å². The summed E-state index contributed by atoms with van der Waals surface area (Å²) >= 11 is 0. The third-order valence-corrected chi connectivity index (χ3v) is 4.29. The van der Waals surface area contributed by atoms with Gasteiger partial charge in [-0.05, 0) is 25.0 Å². The minimum Gasteiger partial charge on any atom is -0.381 e. The Labute approximate surface area is 116 Å². The normalized spacial score (nSPS) is 16.8. The molecule has 1 aromatic carbocycles. The first-order valence-corrected chi connectivity index (χ1v) is 7.45. The van der Waals surface area contributed by atoms with E-state index in [4.69, 9.17) is 9.57 Å². The van der Waals surface area contributed by atoms with Crippen molar-refractivity contribution in [2.45, 2.75) is 23.8 Å². The number of hydrazine groups is 1. The molecular weight excluding hydrogens is 288 g/mol. The van der Waals surface area contributed by atoms with E-state index >= 15 is 0 Å². The fraction of sp³-hybridized carbons (Fsp3) is 0.455. The van der Waals surface area contributed by atoms with Gasteiger partial charge in [-0.2, -0.15) is 8.42 Å². The van der Waals surface area contributed by atoms with E-state index in [1.54, 1.807) is 6.07 Å². The molecule has 0 unspecified atom stereocenters. The summed E-state index contributed by atoms with van der Waals surface area (Å²) in [6.07, 6.45) is 0.274. The fourth-order valence-corrected chi connectivity index (χ4v) is 2.87. The molecule has 0 aromatic heterocycles. The number of hydrogen-bond donors (Lipinski definition) is 0. The van der Waals surface area contributed by atoms with E-state index in [0.29, 0.717) is 26.1 Å². The number of benzene rings is 1. The zero-order valence-electron chi connectivity index (χ0n) is 10.5. The standard InChI is InChI=1S/C11H14N2O6S/c14-12(15)13(19-10-6-8-18-9-7-10)20(16,17)11-4-2-1-3-5-11/h1-5,10H,6-9H2. The van der Waals surface area contributed by atoms with Gasteiger partial charge in [0, 0.05) is 13.2 Å². The monoisotopic (exact) mass is 302 g/mol. The number of sulfonamides is 1. The predicted octanol–water partition coefficient (Wildman–Crippen LogP) is 0.980. The maximum Gasteiger partial charge on any atom is 0.342 e. The van der Waals surface area contributed by atoms with Crippen molar-refractivity contribution in [3.05, 3.63) is 40.4 Å². The van der Waals surface area contributed by atoms with Crippen molar-refractivity contribution in [1.82, 2.24) is 4.58 Å². The number of nitrogens with zero attached hydrogens (tertiary/aromatic N) is 2. The van der Waals surface area contributed by atoms with E-state index < -0.39 is 21.2 Å². The molecule has 0 radical (unpaired) electrons. The van der Waals surface area contributed by atoms with Crippen molar-refractivity contribution in [3.63, 3.8) is 0 Å². The largest absolute Gasteiger partial charge is 0.381 e. The zero-order valence-corrected chi connectivity index (χ0v) is 11.4. The molecule has 1 fully saturated rings. The topological polar surface area (TPSA) is 99.0 Å². The summed E-state index contributed by atoms with van der Waals surface area (Å²) in [5.41, 5.74) is 0. The Balaban J connectivity index is 2.21. The van der Waals surface area contributed by atoms with Crippen LogP contribution in [0.25, 0.3) is 0 Å². The number of nitro groups is 1. The molecule has 0 N–H and O–H groups in total.